The van der Waals surface area contributed by atoms with Crippen molar-refractivity contribution < 1.29 is 9.84 Å². The molecule has 0 saturated heterocycles. The quantitative estimate of drug-likeness (QED) is 0.586. The van der Waals surface area contributed by atoms with Crippen molar-refractivity contribution in [1.82, 2.24) is 9.97 Å². The van der Waals surface area contributed by atoms with Gasteiger partial charge in [-0.1, -0.05) is 6.92 Å². The minimum atomic E-state index is 0.235. The van der Waals surface area contributed by atoms with Gasteiger partial charge in [0.2, 0.25) is 0 Å². The Bertz CT molecular complexity index is 374. The number of rotatable bonds is 9. The van der Waals surface area contributed by atoms with Crippen molar-refractivity contribution >= 4 is 11.6 Å². The van der Waals surface area contributed by atoms with E-state index in [2.05, 4.69) is 15.3 Å². The Morgan fingerprint density at radius 2 is 2.26 bits per heavy atom. The molecule has 1 unspecified atom stereocenters. The minimum Gasteiger partial charge on any atom is -0.396 e. The zero-order valence-electron chi connectivity index (χ0n) is 11.7. The summed E-state index contributed by atoms with van der Waals surface area (Å²) in [6.45, 7) is 5.99. The first-order valence-electron chi connectivity index (χ1n) is 6.71. The van der Waals surface area contributed by atoms with Crippen LogP contribution in [0.25, 0.3) is 0 Å². The number of nitrogens with one attached hydrogen (secondary N) is 1. The molecule has 1 aromatic heterocycles. The second kappa shape index (κ2) is 8.66. The standard InChI is InChI=1S/C13H24N4O2/c1-3-19-9-13-16-11(14)7-12(17-13)15-6-4-5-10(2)8-18/h7,10,18H,3-6,8-9H2,1-2H3,(H3,14,15,16,17). The number of nitrogen functional groups attached to an aromatic ring is 1. The summed E-state index contributed by atoms with van der Waals surface area (Å²) in [5.41, 5.74) is 5.73. The van der Waals surface area contributed by atoms with Crippen LogP contribution in [-0.4, -0.2) is 34.8 Å². The highest BCUT2D eigenvalue weighted by molar-refractivity contribution is 5.44. The molecular weight excluding hydrogens is 244 g/mol. The van der Waals surface area contributed by atoms with Gasteiger partial charge in [0.15, 0.2) is 5.82 Å². The van der Waals surface area contributed by atoms with Crippen LogP contribution in [0, 0.1) is 5.92 Å². The number of nitrogens with two attached hydrogens (primary N) is 1. The van der Waals surface area contributed by atoms with Crippen molar-refractivity contribution in [3.05, 3.63) is 11.9 Å². The molecule has 1 atom stereocenters. The summed E-state index contributed by atoms with van der Waals surface area (Å²) in [6, 6.07) is 1.71. The molecule has 0 saturated carbocycles. The lowest BCUT2D eigenvalue weighted by atomic mass is 10.1. The first-order chi connectivity index (χ1) is 9.15. The van der Waals surface area contributed by atoms with E-state index < -0.39 is 0 Å². The summed E-state index contributed by atoms with van der Waals surface area (Å²) in [7, 11) is 0. The van der Waals surface area contributed by atoms with Crippen LogP contribution in [0.5, 0.6) is 0 Å². The Morgan fingerprint density at radius 3 is 2.95 bits per heavy atom. The summed E-state index contributed by atoms with van der Waals surface area (Å²) in [5, 5.41) is 12.1. The maximum atomic E-state index is 8.93. The molecule has 0 spiro atoms. The molecule has 1 heterocycles. The summed E-state index contributed by atoms with van der Waals surface area (Å²) in [6.07, 6.45) is 1.96. The van der Waals surface area contributed by atoms with Gasteiger partial charge in [-0.2, -0.15) is 0 Å². The fourth-order valence-corrected chi connectivity index (χ4v) is 1.62. The van der Waals surface area contributed by atoms with Gasteiger partial charge in [-0.05, 0) is 25.7 Å². The fraction of sp³-hybridized carbons (Fsp3) is 0.692. The molecule has 0 bridgehead atoms. The van der Waals surface area contributed by atoms with Crippen molar-refractivity contribution in [3.63, 3.8) is 0 Å². The van der Waals surface area contributed by atoms with Gasteiger partial charge in [-0.25, -0.2) is 9.97 Å². The third kappa shape index (κ3) is 6.35. The van der Waals surface area contributed by atoms with Crippen molar-refractivity contribution in [2.75, 3.05) is 30.8 Å². The Labute approximate surface area is 114 Å². The maximum Gasteiger partial charge on any atom is 0.158 e. The van der Waals surface area contributed by atoms with Crippen LogP contribution in [0.3, 0.4) is 0 Å². The minimum absolute atomic E-state index is 0.235. The Balaban J connectivity index is 2.42. The van der Waals surface area contributed by atoms with Gasteiger partial charge in [0, 0.05) is 25.8 Å². The van der Waals surface area contributed by atoms with E-state index in [1.54, 1.807) is 6.07 Å². The molecule has 1 aromatic rings. The maximum absolute atomic E-state index is 8.93. The summed E-state index contributed by atoms with van der Waals surface area (Å²) in [5.74, 6) is 2.09. The Kier molecular flexibility index (Phi) is 7.14. The average Bonchev–Trinajstić information content (AvgIpc) is 2.40. The van der Waals surface area contributed by atoms with Crippen LogP contribution >= 0.6 is 0 Å². The van der Waals surface area contributed by atoms with E-state index in [-0.39, 0.29) is 6.61 Å². The second-order valence-electron chi connectivity index (χ2n) is 4.59. The lowest BCUT2D eigenvalue weighted by Gasteiger charge is -2.10. The molecule has 1 rings (SSSR count). The van der Waals surface area contributed by atoms with Crippen molar-refractivity contribution in [3.8, 4) is 0 Å². The molecule has 4 N–H and O–H groups in total. The topological polar surface area (TPSA) is 93.3 Å². The van der Waals surface area contributed by atoms with Gasteiger partial charge < -0.3 is 20.9 Å². The third-order valence-corrected chi connectivity index (χ3v) is 2.72. The zero-order valence-corrected chi connectivity index (χ0v) is 11.7. The SMILES string of the molecule is CCOCc1nc(N)cc(NCCCC(C)CO)n1. The summed E-state index contributed by atoms with van der Waals surface area (Å²) < 4.78 is 5.27. The van der Waals surface area contributed by atoms with E-state index in [1.807, 2.05) is 13.8 Å². The average molecular weight is 268 g/mol. The number of aliphatic hydroxyl groups is 1. The molecule has 0 aliphatic rings. The number of hydrogen-bond donors (Lipinski definition) is 3. The van der Waals surface area contributed by atoms with E-state index in [1.165, 1.54) is 0 Å². The molecule has 108 valence electrons. The van der Waals surface area contributed by atoms with E-state index >= 15 is 0 Å². The highest BCUT2D eigenvalue weighted by Gasteiger charge is 2.03. The zero-order chi connectivity index (χ0) is 14.1. The highest BCUT2D eigenvalue weighted by atomic mass is 16.5. The number of anilines is 2. The van der Waals surface area contributed by atoms with E-state index in [4.69, 9.17) is 15.6 Å². The monoisotopic (exact) mass is 268 g/mol. The molecule has 0 fully saturated rings. The van der Waals surface area contributed by atoms with Crippen LogP contribution < -0.4 is 11.1 Å². The molecule has 6 heteroatoms. The van der Waals surface area contributed by atoms with Gasteiger partial charge in [0.1, 0.15) is 18.2 Å². The highest BCUT2D eigenvalue weighted by Crippen LogP contribution is 2.10. The molecule has 0 aromatic carbocycles. The molecule has 0 aliphatic heterocycles. The predicted octanol–water partition coefficient (Wildman–Crippen LogP) is 1.42. The molecule has 0 amide bonds. The fourth-order valence-electron chi connectivity index (χ4n) is 1.62. The van der Waals surface area contributed by atoms with Gasteiger partial charge in [0.05, 0.1) is 0 Å². The van der Waals surface area contributed by atoms with Gasteiger partial charge >= 0.3 is 0 Å². The lowest BCUT2D eigenvalue weighted by molar-refractivity contribution is 0.128. The van der Waals surface area contributed by atoms with Crippen LogP contribution in [0.1, 0.15) is 32.5 Å². The first kappa shape index (κ1) is 15.7. The second-order valence-corrected chi connectivity index (χ2v) is 4.59. The number of hydrogen-bond acceptors (Lipinski definition) is 6. The summed E-state index contributed by atoms with van der Waals surface area (Å²) in [4.78, 5) is 8.44. The van der Waals surface area contributed by atoms with Crippen LogP contribution in [0.15, 0.2) is 6.07 Å². The summed E-state index contributed by atoms with van der Waals surface area (Å²) >= 11 is 0. The third-order valence-electron chi connectivity index (χ3n) is 2.72. The molecule has 19 heavy (non-hydrogen) atoms. The Morgan fingerprint density at radius 1 is 1.47 bits per heavy atom. The first-order valence-corrected chi connectivity index (χ1v) is 6.71. The van der Waals surface area contributed by atoms with E-state index in [9.17, 15) is 0 Å². The largest absolute Gasteiger partial charge is 0.396 e. The van der Waals surface area contributed by atoms with Crippen LogP contribution in [0.4, 0.5) is 11.6 Å². The van der Waals surface area contributed by atoms with Crippen LogP contribution in [-0.2, 0) is 11.3 Å². The van der Waals surface area contributed by atoms with Crippen molar-refractivity contribution in [2.24, 2.45) is 5.92 Å². The normalized spacial score (nSPS) is 12.4. The van der Waals surface area contributed by atoms with Crippen LogP contribution in [0.2, 0.25) is 0 Å². The van der Waals surface area contributed by atoms with Crippen molar-refractivity contribution in [2.45, 2.75) is 33.3 Å². The number of nitrogens with zero attached hydrogens (tertiary/aromatic N) is 2. The van der Waals surface area contributed by atoms with Crippen molar-refractivity contribution in [1.29, 1.82) is 0 Å². The lowest BCUT2D eigenvalue weighted by Crippen LogP contribution is -2.10. The number of aromatic nitrogens is 2. The predicted molar refractivity (Wildman–Crippen MR) is 75.7 cm³/mol. The Hall–Kier alpha value is -1.40. The van der Waals surface area contributed by atoms with E-state index in [0.29, 0.717) is 30.8 Å². The molecule has 0 aliphatic carbocycles. The molecule has 0 radical (unpaired) electrons. The molecule has 6 nitrogen and oxygen atoms in total. The van der Waals surface area contributed by atoms with Gasteiger partial charge in [-0.15, -0.1) is 0 Å². The van der Waals surface area contributed by atoms with Gasteiger partial charge in [0.25, 0.3) is 0 Å². The number of ether oxygens (including phenoxy) is 1. The number of aliphatic hydroxyl groups excluding tert-OH is 1. The smallest absolute Gasteiger partial charge is 0.158 e. The van der Waals surface area contributed by atoms with Gasteiger partial charge in [-0.3, -0.25) is 0 Å². The molecular formula is C13H24N4O2. The van der Waals surface area contributed by atoms with E-state index in [0.717, 1.165) is 25.2 Å².